The van der Waals surface area contributed by atoms with E-state index in [1.807, 2.05) is 6.07 Å². The van der Waals surface area contributed by atoms with Crippen molar-refractivity contribution in [1.29, 1.82) is 5.26 Å². The number of hydrogen-bond donors (Lipinski definition) is 1. The van der Waals surface area contributed by atoms with Gasteiger partial charge in [0.05, 0.1) is 19.9 Å². The number of anilines is 1. The molecule has 0 heterocycles. The van der Waals surface area contributed by atoms with Crippen LogP contribution in [0.5, 0.6) is 11.5 Å². The minimum Gasteiger partial charge on any atom is -0.493 e. The maximum atomic E-state index is 13.8. The summed E-state index contributed by atoms with van der Waals surface area (Å²) in [6, 6.07) is 11.0. The van der Waals surface area contributed by atoms with Gasteiger partial charge in [-0.15, -0.1) is 0 Å². The molecule has 0 aliphatic carbocycles. The van der Waals surface area contributed by atoms with E-state index in [1.54, 1.807) is 24.3 Å². The number of rotatable bonds is 5. The minimum atomic E-state index is -0.710. The van der Waals surface area contributed by atoms with Crippen LogP contribution in [0, 0.1) is 17.1 Å². The van der Waals surface area contributed by atoms with Gasteiger partial charge in [-0.2, -0.15) is 5.26 Å². The molecule has 0 bridgehead atoms. The number of carbonyl (C=O) groups excluding carboxylic acids is 1. The Kier molecular flexibility index (Phi) is 6.14. The summed E-state index contributed by atoms with van der Waals surface area (Å²) < 4.78 is 24.7. The zero-order valence-electron chi connectivity index (χ0n) is 13.5. The number of nitrogens with zero attached hydrogens (tertiary/aromatic N) is 1. The van der Waals surface area contributed by atoms with E-state index < -0.39 is 11.7 Å². The third-order valence-corrected chi connectivity index (χ3v) is 3.76. The van der Waals surface area contributed by atoms with E-state index in [1.165, 1.54) is 32.4 Å². The van der Waals surface area contributed by atoms with Crippen molar-refractivity contribution in [3.63, 3.8) is 0 Å². The molecule has 128 valence electrons. The standard InChI is InChI=1S/C18H14BrFN2O3/c1-24-16-6-3-11(8-17(16)25-2)7-12(10-21)18(23)22-15-5-4-13(19)9-14(15)20/h3-9H,1-2H3,(H,22,23)/b12-7+. The fourth-order valence-corrected chi connectivity index (χ4v) is 2.37. The van der Waals surface area contributed by atoms with Crippen LogP contribution in [0.3, 0.4) is 0 Å². The molecule has 5 nitrogen and oxygen atoms in total. The smallest absolute Gasteiger partial charge is 0.266 e. The van der Waals surface area contributed by atoms with E-state index >= 15 is 0 Å². The molecule has 7 heteroatoms. The fraction of sp³-hybridized carbons (Fsp3) is 0.111. The molecule has 2 aromatic carbocycles. The summed E-state index contributed by atoms with van der Waals surface area (Å²) in [6.45, 7) is 0. The zero-order chi connectivity index (χ0) is 18.4. The summed E-state index contributed by atoms with van der Waals surface area (Å²) >= 11 is 3.14. The highest BCUT2D eigenvalue weighted by atomic mass is 79.9. The molecule has 0 saturated heterocycles. The maximum Gasteiger partial charge on any atom is 0.266 e. The Balaban J connectivity index is 2.28. The second-order valence-corrected chi connectivity index (χ2v) is 5.78. The van der Waals surface area contributed by atoms with Crippen molar-refractivity contribution in [2.45, 2.75) is 0 Å². The number of carbonyl (C=O) groups is 1. The zero-order valence-corrected chi connectivity index (χ0v) is 15.1. The Bertz CT molecular complexity index is 875. The highest BCUT2D eigenvalue weighted by Crippen LogP contribution is 2.28. The topological polar surface area (TPSA) is 71.3 Å². The van der Waals surface area contributed by atoms with Crippen molar-refractivity contribution in [3.8, 4) is 17.6 Å². The van der Waals surface area contributed by atoms with Gasteiger partial charge in [0, 0.05) is 4.47 Å². The van der Waals surface area contributed by atoms with Gasteiger partial charge in [-0.25, -0.2) is 4.39 Å². The molecular formula is C18H14BrFN2O3. The van der Waals surface area contributed by atoms with Crippen molar-refractivity contribution in [2.24, 2.45) is 0 Å². The largest absolute Gasteiger partial charge is 0.493 e. The van der Waals surface area contributed by atoms with E-state index in [0.717, 1.165) is 0 Å². The van der Waals surface area contributed by atoms with Crippen molar-refractivity contribution in [2.75, 3.05) is 19.5 Å². The van der Waals surface area contributed by atoms with Crippen molar-refractivity contribution < 1.29 is 18.7 Å². The van der Waals surface area contributed by atoms with Crippen LogP contribution in [0.2, 0.25) is 0 Å². The van der Waals surface area contributed by atoms with Gasteiger partial charge < -0.3 is 14.8 Å². The number of amides is 1. The normalized spacial score (nSPS) is 10.8. The van der Waals surface area contributed by atoms with Crippen LogP contribution in [0.1, 0.15) is 5.56 Å². The minimum absolute atomic E-state index is 0.0124. The summed E-state index contributed by atoms with van der Waals surface area (Å²) in [7, 11) is 2.99. The van der Waals surface area contributed by atoms with Gasteiger partial charge in [0.1, 0.15) is 17.5 Å². The molecule has 2 aromatic rings. The average Bonchev–Trinajstić information content (AvgIpc) is 2.61. The molecule has 0 aromatic heterocycles. The van der Waals surface area contributed by atoms with E-state index in [9.17, 15) is 14.4 Å². The summed E-state index contributed by atoms with van der Waals surface area (Å²) in [5.41, 5.74) is 0.386. The third-order valence-electron chi connectivity index (χ3n) is 3.26. The molecule has 0 unspecified atom stereocenters. The quantitative estimate of drug-likeness (QED) is 0.599. The molecule has 1 amide bonds. The molecule has 0 fully saturated rings. The average molecular weight is 405 g/mol. The monoisotopic (exact) mass is 404 g/mol. The lowest BCUT2D eigenvalue weighted by Gasteiger charge is -2.08. The van der Waals surface area contributed by atoms with E-state index in [-0.39, 0.29) is 11.3 Å². The molecule has 0 aliphatic rings. The Morgan fingerprint density at radius 2 is 1.92 bits per heavy atom. The van der Waals surface area contributed by atoms with Gasteiger partial charge in [0.15, 0.2) is 11.5 Å². The highest BCUT2D eigenvalue weighted by molar-refractivity contribution is 9.10. The van der Waals surface area contributed by atoms with Crippen LogP contribution in [0.15, 0.2) is 46.4 Å². The molecule has 1 N–H and O–H groups in total. The number of halogens is 2. The number of benzene rings is 2. The van der Waals surface area contributed by atoms with Crippen LogP contribution >= 0.6 is 15.9 Å². The SMILES string of the molecule is COc1ccc(/C=C(\C#N)C(=O)Nc2ccc(Br)cc2F)cc1OC. The molecule has 0 radical (unpaired) electrons. The lowest BCUT2D eigenvalue weighted by Crippen LogP contribution is -2.14. The first-order chi connectivity index (χ1) is 12.0. The Hall–Kier alpha value is -2.85. The van der Waals surface area contributed by atoms with Crippen LogP contribution < -0.4 is 14.8 Å². The fourth-order valence-electron chi connectivity index (χ4n) is 2.04. The van der Waals surface area contributed by atoms with Gasteiger partial charge in [-0.1, -0.05) is 22.0 Å². The molecular weight excluding hydrogens is 391 g/mol. The van der Waals surface area contributed by atoms with Gasteiger partial charge in [-0.05, 0) is 42.0 Å². The summed E-state index contributed by atoms with van der Waals surface area (Å²) in [5.74, 6) is -0.322. The number of hydrogen-bond acceptors (Lipinski definition) is 4. The summed E-state index contributed by atoms with van der Waals surface area (Å²) in [5, 5.41) is 11.6. The van der Waals surface area contributed by atoms with Gasteiger partial charge in [0.2, 0.25) is 0 Å². The number of nitriles is 1. The lowest BCUT2D eigenvalue weighted by atomic mass is 10.1. The number of nitrogens with one attached hydrogen (secondary N) is 1. The van der Waals surface area contributed by atoms with Gasteiger partial charge >= 0.3 is 0 Å². The summed E-state index contributed by atoms with van der Waals surface area (Å²) in [6.07, 6.45) is 1.38. The molecule has 0 atom stereocenters. The summed E-state index contributed by atoms with van der Waals surface area (Å²) in [4.78, 5) is 12.2. The molecule has 0 saturated carbocycles. The van der Waals surface area contributed by atoms with Crippen LogP contribution in [0.4, 0.5) is 10.1 Å². The van der Waals surface area contributed by atoms with Crippen LogP contribution in [0.25, 0.3) is 6.08 Å². The van der Waals surface area contributed by atoms with Crippen molar-refractivity contribution in [3.05, 3.63) is 57.8 Å². The number of methoxy groups -OCH3 is 2. The second kappa shape index (κ2) is 8.31. The third kappa shape index (κ3) is 4.58. The van der Waals surface area contributed by atoms with E-state index in [0.29, 0.717) is 21.5 Å². The molecule has 0 aliphatic heterocycles. The van der Waals surface area contributed by atoms with E-state index in [2.05, 4.69) is 21.2 Å². The molecule has 25 heavy (non-hydrogen) atoms. The van der Waals surface area contributed by atoms with E-state index in [4.69, 9.17) is 9.47 Å². The van der Waals surface area contributed by atoms with Crippen LogP contribution in [-0.4, -0.2) is 20.1 Å². The maximum absolute atomic E-state index is 13.8. The predicted octanol–water partition coefficient (Wildman–Crippen LogP) is 4.15. The van der Waals surface area contributed by atoms with Crippen molar-refractivity contribution in [1.82, 2.24) is 0 Å². The Labute approximate surface area is 152 Å². The molecule has 2 rings (SSSR count). The first-order valence-electron chi connectivity index (χ1n) is 7.08. The van der Waals surface area contributed by atoms with Gasteiger partial charge in [-0.3, -0.25) is 4.79 Å². The number of ether oxygens (including phenoxy) is 2. The second-order valence-electron chi connectivity index (χ2n) is 4.86. The van der Waals surface area contributed by atoms with Crippen LogP contribution in [-0.2, 0) is 4.79 Å². The Morgan fingerprint density at radius 1 is 1.20 bits per heavy atom. The first-order valence-corrected chi connectivity index (χ1v) is 7.88. The lowest BCUT2D eigenvalue weighted by molar-refractivity contribution is -0.112. The first kappa shape index (κ1) is 18.5. The Morgan fingerprint density at radius 3 is 2.52 bits per heavy atom. The molecule has 0 spiro atoms. The predicted molar refractivity (Wildman–Crippen MR) is 95.9 cm³/mol. The van der Waals surface area contributed by atoms with Gasteiger partial charge in [0.25, 0.3) is 5.91 Å². The highest BCUT2D eigenvalue weighted by Gasteiger charge is 2.13. The van der Waals surface area contributed by atoms with Crippen molar-refractivity contribution >= 4 is 33.6 Å².